The van der Waals surface area contributed by atoms with Gasteiger partial charge in [-0.15, -0.1) is 0 Å². The van der Waals surface area contributed by atoms with Crippen LogP contribution in [0.25, 0.3) is 0 Å². The van der Waals surface area contributed by atoms with Crippen LogP contribution in [-0.4, -0.2) is 38.6 Å². The highest BCUT2D eigenvalue weighted by Gasteiger charge is 2.30. The number of benzene rings is 1. The van der Waals surface area contributed by atoms with E-state index in [1.165, 1.54) is 14.0 Å². The quantitative estimate of drug-likeness (QED) is 0.612. The molecule has 0 spiro atoms. The molecule has 0 heterocycles. The molecule has 6 nitrogen and oxygen atoms in total. The minimum atomic E-state index is -3.65. The molecule has 1 aromatic rings. The Morgan fingerprint density at radius 3 is 2.46 bits per heavy atom. The third-order valence-corrected chi connectivity index (χ3v) is 5.66. The number of methoxy groups -OCH3 is 1. The van der Waals surface area contributed by atoms with Crippen LogP contribution in [0.4, 0.5) is 0 Å². The fourth-order valence-corrected chi connectivity index (χ4v) is 3.41. The molecule has 0 aliphatic heterocycles. The molecule has 1 aliphatic carbocycles. The van der Waals surface area contributed by atoms with E-state index in [2.05, 4.69) is 13.8 Å². The van der Waals surface area contributed by atoms with E-state index in [1.807, 2.05) is 11.0 Å². The Morgan fingerprint density at radius 1 is 1.27 bits per heavy atom. The van der Waals surface area contributed by atoms with Crippen LogP contribution < -0.4 is 8.92 Å². The van der Waals surface area contributed by atoms with Crippen molar-refractivity contribution in [1.29, 1.82) is 0 Å². The van der Waals surface area contributed by atoms with Gasteiger partial charge in [0.2, 0.25) is 5.91 Å². The van der Waals surface area contributed by atoms with E-state index in [4.69, 9.17) is 8.92 Å². The molecule has 0 saturated heterocycles. The Kier molecular flexibility index (Phi) is 6.92. The maximum atomic E-state index is 12.7. The van der Waals surface area contributed by atoms with Crippen molar-refractivity contribution in [1.82, 2.24) is 4.90 Å². The smallest absolute Gasteiger partial charge is 0.309 e. The van der Waals surface area contributed by atoms with Gasteiger partial charge in [-0.1, -0.05) is 26.3 Å². The van der Waals surface area contributed by atoms with Crippen LogP contribution in [0.1, 0.15) is 45.6 Å². The Labute approximate surface area is 156 Å². The predicted octanol–water partition coefficient (Wildman–Crippen LogP) is 3.21. The van der Waals surface area contributed by atoms with Crippen LogP contribution in [0, 0.1) is 11.8 Å². The Hall–Kier alpha value is -1.76. The minimum absolute atomic E-state index is 0.125. The fraction of sp³-hybridized carbons (Fsp3) is 0.632. The molecule has 0 radical (unpaired) electrons. The van der Waals surface area contributed by atoms with Gasteiger partial charge in [-0.3, -0.25) is 4.79 Å². The summed E-state index contributed by atoms with van der Waals surface area (Å²) in [5.74, 6) is 1.06. The zero-order valence-corrected chi connectivity index (χ0v) is 16.8. The molecular weight excluding hydrogens is 354 g/mol. The van der Waals surface area contributed by atoms with Crippen LogP contribution in [-0.2, 0) is 21.5 Å². The summed E-state index contributed by atoms with van der Waals surface area (Å²) in [6.45, 7) is 6.78. The van der Waals surface area contributed by atoms with E-state index in [0.717, 1.165) is 24.8 Å². The van der Waals surface area contributed by atoms with Crippen molar-refractivity contribution in [3.05, 3.63) is 23.8 Å². The molecule has 1 aromatic carbocycles. The highest BCUT2D eigenvalue weighted by Crippen LogP contribution is 2.32. The number of rotatable bonds is 9. The normalized spacial score (nSPS) is 14.8. The zero-order chi connectivity index (χ0) is 19.3. The molecule has 0 aromatic heterocycles. The van der Waals surface area contributed by atoms with E-state index in [-0.39, 0.29) is 23.3 Å². The molecule has 1 fully saturated rings. The summed E-state index contributed by atoms with van der Waals surface area (Å²) in [4.78, 5) is 14.6. The average molecular weight is 384 g/mol. The first kappa shape index (κ1) is 20.6. The molecule has 0 N–H and O–H groups in total. The van der Waals surface area contributed by atoms with Gasteiger partial charge in [-0.05, 0) is 43.4 Å². The summed E-state index contributed by atoms with van der Waals surface area (Å²) >= 11 is 0. The van der Waals surface area contributed by atoms with Gasteiger partial charge in [0.1, 0.15) is 0 Å². The van der Waals surface area contributed by atoms with E-state index in [0.29, 0.717) is 24.8 Å². The molecule has 1 amide bonds. The van der Waals surface area contributed by atoms with Crippen LogP contribution in [0.2, 0.25) is 0 Å². The lowest BCUT2D eigenvalue weighted by molar-refractivity contribution is -0.139. The maximum Gasteiger partial charge on any atom is 0.309 e. The Morgan fingerprint density at radius 2 is 1.96 bits per heavy atom. The van der Waals surface area contributed by atoms with Crippen LogP contribution in [0.3, 0.4) is 0 Å². The SMILES string of the molecule is CCS(=O)(=O)Oc1cc(CN(CC(C)C)C(=O)C2CCC2)ccc1OC. The van der Waals surface area contributed by atoms with Crippen LogP contribution in [0.5, 0.6) is 11.5 Å². The monoisotopic (exact) mass is 383 g/mol. The van der Waals surface area contributed by atoms with Gasteiger partial charge in [0.05, 0.1) is 12.9 Å². The standard InChI is InChI=1S/C19H29NO5S/c1-5-26(22,23)25-18-11-15(9-10-17(18)24-4)13-20(12-14(2)3)19(21)16-7-6-8-16/h9-11,14,16H,5-8,12-13H2,1-4H3. The zero-order valence-electron chi connectivity index (χ0n) is 16.0. The Balaban J connectivity index is 2.23. The van der Waals surface area contributed by atoms with Crippen molar-refractivity contribution in [2.45, 2.75) is 46.6 Å². The number of carbonyl (C=O) groups is 1. The van der Waals surface area contributed by atoms with Crippen molar-refractivity contribution in [2.75, 3.05) is 19.4 Å². The summed E-state index contributed by atoms with van der Waals surface area (Å²) in [7, 11) is -2.19. The first-order valence-corrected chi connectivity index (χ1v) is 10.7. The molecule has 26 heavy (non-hydrogen) atoms. The van der Waals surface area contributed by atoms with E-state index in [1.54, 1.807) is 12.1 Å². The van der Waals surface area contributed by atoms with E-state index >= 15 is 0 Å². The van der Waals surface area contributed by atoms with Gasteiger partial charge in [-0.2, -0.15) is 8.42 Å². The molecule has 1 aliphatic rings. The molecule has 146 valence electrons. The van der Waals surface area contributed by atoms with E-state index in [9.17, 15) is 13.2 Å². The minimum Gasteiger partial charge on any atom is -0.493 e. The van der Waals surface area contributed by atoms with Gasteiger partial charge in [-0.25, -0.2) is 0 Å². The summed E-state index contributed by atoms with van der Waals surface area (Å²) < 4.78 is 34.0. The molecule has 1 saturated carbocycles. The summed E-state index contributed by atoms with van der Waals surface area (Å²) in [6, 6.07) is 5.16. The lowest BCUT2D eigenvalue weighted by Gasteiger charge is -2.33. The second-order valence-corrected chi connectivity index (χ2v) is 9.01. The predicted molar refractivity (Wildman–Crippen MR) is 101 cm³/mol. The van der Waals surface area contributed by atoms with E-state index < -0.39 is 10.1 Å². The lowest BCUT2D eigenvalue weighted by Crippen LogP contribution is -2.40. The topological polar surface area (TPSA) is 72.9 Å². The molecule has 2 rings (SSSR count). The van der Waals surface area contributed by atoms with Gasteiger partial charge in [0, 0.05) is 19.0 Å². The number of hydrogen-bond acceptors (Lipinski definition) is 5. The largest absolute Gasteiger partial charge is 0.493 e. The molecule has 7 heteroatoms. The van der Waals surface area contributed by atoms with Gasteiger partial charge in [0.25, 0.3) is 0 Å². The molecule has 0 bridgehead atoms. The van der Waals surface area contributed by atoms with Crippen LogP contribution >= 0.6 is 0 Å². The second kappa shape index (κ2) is 8.75. The fourth-order valence-electron chi connectivity index (χ4n) is 2.89. The number of ether oxygens (including phenoxy) is 1. The molecule has 0 atom stereocenters. The van der Waals surface area contributed by atoms with Crippen molar-refractivity contribution < 1.29 is 22.1 Å². The number of carbonyl (C=O) groups excluding carboxylic acids is 1. The lowest BCUT2D eigenvalue weighted by atomic mass is 9.84. The average Bonchev–Trinajstić information content (AvgIpc) is 2.52. The Bertz CT molecular complexity index is 725. The number of amides is 1. The first-order valence-electron chi connectivity index (χ1n) is 9.13. The van der Waals surface area contributed by atoms with Gasteiger partial charge < -0.3 is 13.8 Å². The molecular formula is C19H29NO5S. The summed E-state index contributed by atoms with van der Waals surface area (Å²) in [5.41, 5.74) is 0.820. The molecule has 0 unspecified atom stereocenters. The highest BCUT2D eigenvalue weighted by molar-refractivity contribution is 7.87. The van der Waals surface area contributed by atoms with Crippen LogP contribution in [0.15, 0.2) is 18.2 Å². The van der Waals surface area contributed by atoms with Gasteiger partial charge >= 0.3 is 10.1 Å². The van der Waals surface area contributed by atoms with Crippen molar-refractivity contribution in [3.8, 4) is 11.5 Å². The number of hydrogen-bond donors (Lipinski definition) is 0. The van der Waals surface area contributed by atoms with Gasteiger partial charge in [0.15, 0.2) is 11.5 Å². The maximum absolute atomic E-state index is 12.7. The van der Waals surface area contributed by atoms with Crippen molar-refractivity contribution in [3.63, 3.8) is 0 Å². The summed E-state index contributed by atoms with van der Waals surface area (Å²) in [6.07, 6.45) is 3.03. The van der Waals surface area contributed by atoms with Crippen molar-refractivity contribution >= 4 is 16.0 Å². The third-order valence-electron chi connectivity index (χ3n) is 4.52. The second-order valence-electron chi connectivity index (χ2n) is 7.16. The summed E-state index contributed by atoms with van der Waals surface area (Å²) in [5, 5.41) is 0. The third kappa shape index (κ3) is 5.37. The first-order chi connectivity index (χ1) is 12.3. The highest BCUT2D eigenvalue weighted by atomic mass is 32.2. The van der Waals surface area contributed by atoms with Crippen molar-refractivity contribution in [2.24, 2.45) is 11.8 Å². The number of nitrogens with zero attached hydrogens (tertiary/aromatic N) is 1.